The molecular weight excluding hydrogens is 352 g/mol. The first-order valence-electron chi connectivity index (χ1n) is 7.95. The van der Waals surface area contributed by atoms with Crippen molar-refractivity contribution < 1.29 is 13.6 Å². The number of halogens is 2. The van der Waals surface area contributed by atoms with Gasteiger partial charge < -0.3 is 5.73 Å². The number of carbonyl (C=O) groups is 1. The minimum atomic E-state index is -1.36. The Morgan fingerprint density at radius 2 is 1.31 bits per heavy atom. The van der Waals surface area contributed by atoms with E-state index < -0.39 is 23.0 Å². The Labute approximate surface area is 155 Å². The van der Waals surface area contributed by atoms with Gasteiger partial charge in [0.2, 0.25) is 5.91 Å². The van der Waals surface area contributed by atoms with Crippen molar-refractivity contribution in [2.24, 2.45) is 5.73 Å². The Morgan fingerprint density at radius 3 is 1.73 bits per heavy atom. The number of primary amides is 1. The molecule has 0 bridgehead atoms. The molecule has 3 rings (SSSR count). The molecule has 0 heterocycles. The van der Waals surface area contributed by atoms with Gasteiger partial charge in [-0.25, -0.2) is 8.78 Å². The molecule has 0 unspecified atom stereocenters. The lowest BCUT2D eigenvalue weighted by molar-refractivity contribution is -0.121. The Bertz CT molecular complexity index is 878. The van der Waals surface area contributed by atoms with E-state index in [0.717, 1.165) is 4.90 Å². The lowest BCUT2D eigenvalue weighted by Gasteiger charge is -2.34. The number of rotatable bonds is 5. The second kappa shape index (κ2) is 7.30. The van der Waals surface area contributed by atoms with Gasteiger partial charge in [0.15, 0.2) is 0 Å². The molecule has 1 amide bonds. The van der Waals surface area contributed by atoms with Crippen LogP contribution >= 0.6 is 11.8 Å². The fourth-order valence-corrected chi connectivity index (χ4v) is 3.90. The van der Waals surface area contributed by atoms with Crippen LogP contribution in [0.3, 0.4) is 0 Å². The first-order chi connectivity index (χ1) is 12.5. The molecule has 0 spiro atoms. The molecule has 5 heteroatoms. The van der Waals surface area contributed by atoms with E-state index >= 15 is 0 Å². The van der Waals surface area contributed by atoms with Crippen LogP contribution in [0.4, 0.5) is 8.78 Å². The molecule has 132 valence electrons. The van der Waals surface area contributed by atoms with Crippen LogP contribution in [0, 0.1) is 11.6 Å². The minimum absolute atomic E-state index is 0.413. The highest BCUT2D eigenvalue weighted by Crippen LogP contribution is 2.43. The largest absolute Gasteiger partial charge is 0.368 e. The van der Waals surface area contributed by atoms with Crippen molar-refractivity contribution in [3.8, 4) is 0 Å². The SMILES string of the molecule is CSc1ccccc1C(C(N)=O)(c1ccc(F)cc1)c1ccc(F)cc1. The maximum Gasteiger partial charge on any atom is 0.237 e. The standard InChI is InChI=1S/C21H17F2NOS/c1-26-19-5-3-2-4-18(19)21(20(24)25,14-6-10-16(22)11-7-14)15-8-12-17(23)13-9-15/h2-13H,1H3,(H2,24,25). The van der Waals surface area contributed by atoms with Crippen molar-refractivity contribution in [2.45, 2.75) is 10.3 Å². The highest BCUT2D eigenvalue weighted by Gasteiger charge is 2.43. The van der Waals surface area contributed by atoms with Crippen LogP contribution in [0.2, 0.25) is 0 Å². The van der Waals surface area contributed by atoms with Gasteiger partial charge >= 0.3 is 0 Å². The van der Waals surface area contributed by atoms with Crippen LogP contribution in [0.15, 0.2) is 77.7 Å². The number of carbonyl (C=O) groups excluding carboxylic acids is 1. The zero-order valence-corrected chi connectivity index (χ0v) is 14.9. The van der Waals surface area contributed by atoms with Crippen LogP contribution in [0.5, 0.6) is 0 Å². The molecule has 0 saturated heterocycles. The molecule has 3 aromatic carbocycles. The molecule has 0 radical (unpaired) electrons. The number of hydrogen-bond donors (Lipinski definition) is 1. The lowest BCUT2D eigenvalue weighted by Crippen LogP contribution is -2.43. The first kappa shape index (κ1) is 18.1. The maximum absolute atomic E-state index is 13.5. The van der Waals surface area contributed by atoms with Gasteiger partial charge in [-0.2, -0.15) is 0 Å². The van der Waals surface area contributed by atoms with Crippen molar-refractivity contribution in [1.29, 1.82) is 0 Å². The predicted octanol–water partition coefficient (Wildman–Crippen LogP) is 4.51. The highest BCUT2D eigenvalue weighted by atomic mass is 32.2. The summed E-state index contributed by atoms with van der Waals surface area (Å²) in [4.78, 5) is 13.7. The van der Waals surface area contributed by atoms with Gasteiger partial charge in [-0.3, -0.25) is 4.79 Å². The summed E-state index contributed by atoms with van der Waals surface area (Å²) >= 11 is 1.48. The van der Waals surface area contributed by atoms with Crippen molar-refractivity contribution in [2.75, 3.05) is 6.26 Å². The second-order valence-electron chi connectivity index (χ2n) is 5.83. The van der Waals surface area contributed by atoms with Crippen LogP contribution in [-0.4, -0.2) is 12.2 Å². The summed E-state index contributed by atoms with van der Waals surface area (Å²) in [6, 6.07) is 18.7. The topological polar surface area (TPSA) is 43.1 Å². The zero-order chi connectivity index (χ0) is 18.7. The molecule has 0 saturated carbocycles. The van der Waals surface area contributed by atoms with E-state index in [1.54, 1.807) is 24.3 Å². The van der Waals surface area contributed by atoms with Crippen molar-refractivity contribution in [3.05, 3.63) is 101 Å². The number of hydrogen-bond acceptors (Lipinski definition) is 2. The van der Waals surface area contributed by atoms with E-state index in [9.17, 15) is 13.6 Å². The lowest BCUT2D eigenvalue weighted by atomic mass is 9.69. The summed E-state index contributed by atoms with van der Waals surface area (Å²) in [6.45, 7) is 0. The van der Waals surface area contributed by atoms with Gasteiger partial charge in [-0.1, -0.05) is 42.5 Å². The normalized spacial score (nSPS) is 11.3. The summed E-state index contributed by atoms with van der Waals surface area (Å²) in [5.41, 5.74) is 6.31. The van der Waals surface area contributed by atoms with Gasteiger partial charge in [-0.05, 0) is 53.3 Å². The average Bonchev–Trinajstić information content (AvgIpc) is 2.65. The minimum Gasteiger partial charge on any atom is -0.368 e. The molecule has 2 N–H and O–H groups in total. The third-order valence-corrected chi connectivity index (χ3v) is 5.23. The number of thioether (sulfide) groups is 1. The van der Waals surface area contributed by atoms with E-state index in [-0.39, 0.29) is 0 Å². The highest BCUT2D eigenvalue weighted by molar-refractivity contribution is 7.98. The second-order valence-corrected chi connectivity index (χ2v) is 6.68. The summed E-state index contributed by atoms with van der Waals surface area (Å²) in [6.07, 6.45) is 1.90. The number of amides is 1. The molecule has 0 aliphatic carbocycles. The van der Waals surface area contributed by atoms with Gasteiger partial charge in [0.05, 0.1) is 0 Å². The maximum atomic E-state index is 13.5. The molecule has 0 aliphatic rings. The smallest absolute Gasteiger partial charge is 0.237 e. The molecule has 26 heavy (non-hydrogen) atoms. The van der Waals surface area contributed by atoms with E-state index in [1.807, 2.05) is 30.5 Å². The van der Waals surface area contributed by atoms with E-state index in [0.29, 0.717) is 16.7 Å². The first-order valence-corrected chi connectivity index (χ1v) is 9.18. The quantitative estimate of drug-likeness (QED) is 0.531. The van der Waals surface area contributed by atoms with Crippen molar-refractivity contribution in [1.82, 2.24) is 0 Å². The molecule has 2 nitrogen and oxygen atoms in total. The third-order valence-electron chi connectivity index (χ3n) is 4.44. The fraction of sp³-hybridized carbons (Fsp3) is 0.0952. The Hall–Kier alpha value is -2.66. The van der Waals surface area contributed by atoms with Crippen LogP contribution in [0.1, 0.15) is 16.7 Å². The number of benzene rings is 3. The Kier molecular flexibility index (Phi) is 5.09. The average molecular weight is 369 g/mol. The van der Waals surface area contributed by atoms with E-state index in [1.165, 1.54) is 36.0 Å². The Morgan fingerprint density at radius 1 is 0.846 bits per heavy atom. The zero-order valence-electron chi connectivity index (χ0n) is 14.1. The fourth-order valence-electron chi connectivity index (χ4n) is 3.25. The van der Waals surface area contributed by atoms with E-state index in [2.05, 4.69) is 0 Å². The monoisotopic (exact) mass is 369 g/mol. The van der Waals surface area contributed by atoms with Gasteiger partial charge in [-0.15, -0.1) is 11.8 Å². The van der Waals surface area contributed by atoms with Crippen LogP contribution in [-0.2, 0) is 10.2 Å². The van der Waals surface area contributed by atoms with Gasteiger partial charge in [0.1, 0.15) is 17.0 Å². The van der Waals surface area contributed by atoms with Crippen LogP contribution in [0.25, 0.3) is 0 Å². The summed E-state index contributed by atoms with van der Waals surface area (Å²) in [7, 11) is 0. The van der Waals surface area contributed by atoms with Crippen molar-refractivity contribution >= 4 is 17.7 Å². The van der Waals surface area contributed by atoms with Gasteiger partial charge in [0.25, 0.3) is 0 Å². The molecular formula is C21H17F2NOS. The molecule has 0 aliphatic heterocycles. The van der Waals surface area contributed by atoms with Gasteiger partial charge in [0, 0.05) is 4.90 Å². The summed E-state index contributed by atoms with van der Waals surface area (Å²) < 4.78 is 27.0. The molecule has 0 fully saturated rings. The molecule has 0 atom stereocenters. The van der Waals surface area contributed by atoms with Crippen molar-refractivity contribution in [3.63, 3.8) is 0 Å². The number of nitrogens with two attached hydrogens (primary N) is 1. The summed E-state index contributed by atoms with van der Waals surface area (Å²) in [5.74, 6) is -1.44. The molecule has 0 aromatic heterocycles. The molecule has 3 aromatic rings. The predicted molar refractivity (Wildman–Crippen MR) is 100 cm³/mol. The van der Waals surface area contributed by atoms with E-state index in [4.69, 9.17) is 5.73 Å². The Balaban J connectivity index is 2.41. The summed E-state index contributed by atoms with van der Waals surface area (Å²) in [5, 5.41) is 0. The van der Waals surface area contributed by atoms with Crippen LogP contribution < -0.4 is 5.73 Å². The third kappa shape index (κ3) is 2.99.